The van der Waals surface area contributed by atoms with E-state index in [1.165, 1.54) is 4.90 Å². The fraction of sp³-hybridized carbons (Fsp3) is 0.265. The number of halogens is 4. The molecule has 6 unspecified atom stereocenters. The zero-order chi connectivity index (χ0) is 31.7. The van der Waals surface area contributed by atoms with Crippen molar-refractivity contribution < 1.29 is 23.9 Å². The number of carbonyl (C=O) groups is 4. The number of aromatic nitrogens is 1. The second kappa shape index (κ2) is 11.7. The number of aryl methyl sites for hydroxylation is 1. The molecule has 2 bridgehead atoms. The number of nitrogens with zero attached hydrogens (tertiary/aromatic N) is 2. The van der Waals surface area contributed by atoms with Gasteiger partial charge in [0.2, 0.25) is 11.8 Å². The number of rotatable bonds is 6. The molecule has 1 aliphatic heterocycles. The molecule has 4 aromatic rings. The number of benzene rings is 3. The molecule has 7 rings (SSSR count). The number of alkyl halides is 2. The number of Topliss-reactive ketones (excluding diaryl/α,β-unsaturated/α-hetero) is 1. The summed E-state index contributed by atoms with van der Waals surface area (Å²) in [7, 11) is 0. The molecule has 3 aromatic carbocycles. The molecule has 2 aliphatic carbocycles. The first kappa shape index (κ1) is 30.7. The van der Waals surface area contributed by atoms with Crippen molar-refractivity contribution in [3.63, 3.8) is 0 Å². The van der Waals surface area contributed by atoms with E-state index in [9.17, 15) is 19.2 Å². The average molecular weight is 816 g/mol. The number of fused-ring (bicyclic) bond motifs is 6. The first-order valence-electron chi connectivity index (χ1n) is 14.4. The van der Waals surface area contributed by atoms with E-state index in [-0.39, 0.29) is 56.5 Å². The van der Waals surface area contributed by atoms with Gasteiger partial charge >= 0.3 is 5.97 Å². The van der Waals surface area contributed by atoms with Gasteiger partial charge in [0.1, 0.15) is 0 Å². The lowest BCUT2D eigenvalue weighted by molar-refractivity contribution is -0.123. The van der Waals surface area contributed by atoms with E-state index in [2.05, 4.69) is 47.8 Å². The minimum absolute atomic E-state index is 0.128. The number of ketones is 1. The van der Waals surface area contributed by atoms with E-state index in [1.54, 1.807) is 66.7 Å². The van der Waals surface area contributed by atoms with Crippen LogP contribution < -0.4 is 4.90 Å². The van der Waals surface area contributed by atoms with Crippen LogP contribution in [0.15, 0.2) is 71.2 Å². The lowest BCUT2D eigenvalue weighted by Crippen LogP contribution is -2.37. The Bertz CT molecular complexity index is 1890. The number of carbonyl (C=O) groups excluding carboxylic acids is 4. The second-order valence-corrected chi connectivity index (χ2v) is 15.0. The van der Waals surface area contributed by atoms with Gasteiger partial charge in [-0.15, -0.1) is 0 Å². The zero-order valence-electron chi connectivity index (χ0n) is 23.7. The second-order valence-electron chi connectivity index (χ2n) is 11.7. The molecule has 0 spiro atoms. The largest absolute Gasteiger partial charge is 0.454 e. The lowest BCUT2D eigenvalue weighted by atomic mass is 9.81. The Labute approximate surface area is 289 Å². The van der Waals surface area contributed by atoms with Gasteiger partial charge in [-0.3, -0.25) is 19.3 Å². The van der Waals surface area contributed by atoms with Gasteiger partial charge in [0.25, 0.3) is 0 Å². The van der Waals surface area contributed by atoms with Crippen LogP contribution in [-0.4, -0.2) is 44.8 Å². The van der Waals surface area contributed by atoms with Crippen molar-refractivity contribution in [1.82, 2.24) is 4.98 Å². The third-order valence-corrected chi connectivity index (χ3v) is 13.8. The van der Waals surface area contributed by atoms with Crippen molar-refractivity contribution in [2.24, 2.45) is 23.7 Å². The van der Waals surface area contributed by atoms with Gasteiger partial charge in [-0.25, -0.2) is 9.78 Å². The summed E-state index contributed by atoms with van der Waals surface area (Å²) in [5.74, 6) is -1.66. The summed E-state index contributed by atoms with van der Waals surface area (Å²) in [5.41, 5.74) is 3.47. The summed E-state index contributed by atoms with van der Waals surface area (Å²) < 4.78 is 6.08. The summed E-state index contributed by atoms with van der Waals surface area (Å²) >= 11 is 17.5. The van der Waals surface area contributed by atoms with E-state index >= 15 is 0 Å². The van der Waals surface area contributed by atoms with E-state index < -0.39 is 12.6 Å². The molecule has 2 heterocycles. The number of hydrogen-bond donors (Lipinski definition) is 0. The lowest BCUT2D eigenvalue weighted by Gasteiger charge is -2.28. The third kappa shape index (κ3) is 4.99. The molecule has 1 saturated heterocycles. The Balaban J connectivity index is 1.21. The normalized spacial score (nSPS) is 25.2. The molecule has 2 amide bonds. The van der Waals surface area contributed by atoms with Crippen LogP contribution >= 0.6 is 59.4 Å². The van der Waals surface area contributed by atoms with E-state index in [0.29, 0.717) is 48.5 Å². The van der Waals surface area contributed by atoms with E-state index in [0.717, 1.165) is 6.42 Å². The van der Waals surface area contributed by atoms with Gasteiger partial charge in [-0.05, 0) is 70.9 Å². The Morgan fingerprint density at radius 3 is 2.20 bits per heavy atom. The Kier molecular flexibility index (Phi) is 7.99. The number of amides is 2. The molecule has 11 heteroatoms. The average Bonchev–Trinajstić information content (AvgIpc) is 3.67. The molecular weight excluding hydrogens is 792 g/mol. The van der Waals surface area contributed by atoms with Crippen molar-refractivity contribution >= 4 is 99.5 Å². The minimum Gasteiger partial charge on any atom is -0.454 e. The number of esters is 1. The van der Waals surface area contributed by atoms with Crippen LogP contribution in [0.2, 0.25) is 5.02 Å². The monoisotopic (exact) mass is 812 g/mol. The van der Waals surface area contributed by atoms with Crippen LogP contribution in [0.25, 0.3) is 22.2 Å². The van der Waals surface area contributed by atoms with Gasteiger partial charge in [0.05, 0.1) is 39.3 Å². The topological polar surface area (TPSA) is 93.6 Å². The highest BCUT2D eigenvalue weighted by Gasteiger charge is 2.66. The summed E-state index contributed by atoms with van der Waals surface area (Å²) in [4.78, 5) is 59.6. The first-order chi connectivity index (χ1) is 21.6. The minimum atomic E-state index is -0.678. The van der Waals surface area contributed by atoms with Crippen molar-refractivity contribution in [2.75, 3.05) is 11.5 Å². The summed E-state index contributed by atoms with van der Waals surface area (Å²) in [6.07, 6.45) is 0.865. The molecule has 3 aliphatic rings. The quantitative estimate of drug-likeness (QED) is 0.0850. The fourth-order valence-electron chi connectivity index (χ4n) is 7.08. The van der Waals surface area contributed by atoms with Crippen LogP contribution in [0.5, 0.6) is 0 Å². The van der Waals surface area contributed by atoms with Crippen LogP contribution in [0.1, 0.15) is 32.7 Å². The van der Waals surface area contributed by atoms with Crippen LogP contribution in [0.4, 0.5) is 5.69 Å². The molecule has 1 aromatic heterocycles. The van der Waals surface area contributed by atoms with Gasteiger partial charge in [0.15, 0.2) is 12.4 Å². The van der Waals surface area contributed by atoms with Crippen molar-refractivity contribution in [3.05, 3.63) is 92.9 Å². The van der Waals surface area contributed by atoms with Gasteiger partial charge in [-0.2, -0.15) is 0 Å². The van der Waals surface area contributed by atoms with Crippen molar-refractivity contribution in [1.29, 1.82) is 0 Å². The number of hydrogen-bond acceptors (Lipinski definition) is 6. The third-order valence-electron chi connectivity index (χ3n) is 9.28. The van der Waals surface area contributed by atoms with Gasteiger partial charge in [0, 0.05) is 30.6 Å². The predicted octanol–water partition coefficient (Wildman–Crippen LogP) is 7.95. The van der Waals surface area contributed by atoms with Crippen molar-refractivity contribution in [2.45, 2.75) is 23.0 Å². The van der Waals surface area contributed by atoms with Crippen molar-refractivity contribution in [3.8, 4) is 11.3 Å². The molecule has 6 atom stereocenters. The fourth-order valence-corrected chi connectivity index (χ4v) is 9.62. The smallest absolute Gasteiger partial charge is 0.339 e. The predicted molar refractivity (Wildman–Crippen MR) is 182 cm³/mol. The van der Waals surface area contributed by atoms with Crippen LogP contribution in [0, 0.1) is 30.6 Å². The molecule has 7 nitrogen and oxygen atoms in total. The van der Waals surface area contributed by atoms with Gasteiger partial charge < -0.3 is 4.74 Å². The Morgan fingerprint density at radius 1 is 0.956 bits per heavy atom. The maximum absolute atomic E-state index is 13.5. The number of ether oxygens (including phenoxy) is 1. The summed E-state index contributed by atoms with van der Waals surface area (Å²) in [6, 6.07) is 19.0. The van der Waals surface area contributed by atoms with E-state index in [1.807, 2.05) is 6.92 Å². The Morgan fingerprint density at radius 2 is 1.58 bits per heavy atom. The Hall–Kier alpha value is -2.92. The number of pyridine rings is 1. The standard InChI is InChI=1S/C34H24Br3ClN2O5/c1-15-30(38)23(35)12-19-20(34(44)45-14-25(41)17-5-3-2-4-6-17)13-24(39-31(15)19)16-7-9-18(10-8-16)40-32(42)26-21-11-22(27(26)33(40)43)29(37)28(21)36/h2-10,12-13,21-22,26-29H,11,14H2,1H3. The summed E-state index contributed by atoms with van der Waals surface area (Å²) in [5, 5.41) is 0.981. The maximum Gasteiger partial charge on any atom is 0.339 e. The molecule has 2 saturated carbocycles. The van der Waals surface area contributed by atoms with Crippen LogP contribution in [-0.2, 0) is 14.3 Å². The van der Waals surface area contributed by atoms with Crippen LogP contribution in [0.3, 0.4) is 0 Å². The maximum atomic E-state index is 13.5. The molecule has 3 fully saturated rings. The molecule has 0 N–H and O–H groups in total. The molecule has 0 radical (unpaired) electrons. The highest BCUT2D eigenvalue weighted by Crippen LogP contribution is 2.60. The summed E-state index contributed by atoms with van der Waals surface area (Å²) in [6.45, 7) is 1.39. The molecule has 45 heavy (non-hydrogen) atoms. The van der Waals surface area contributed by atoms with E-state index in [4.69, 9.17) is 21.3 Å². The number of imide groups is 1. The highest BCUT2D eigenvalue weighted by atomic mass is 79.9. The van der Waals surface area contributed by atoms with Gasteiger partial charge in [-0.1, -0.05) is 85.9 Å². The highest BCUT2D eigenvalue weighted by molar-refractivity contribution is 9.12. The number of anilines is 1. The zero-order valence-corrected chi connectivity index (χ0v) is 29.2. The first-order valence-corrected chi connectivity index (χ1v) is 17.4. The molecule has 228 valence electrons. The SMILES string of the molecule is Cc1c(Cl)c(Br)cc2c(C(=O)OCC(=O)c3ccccc3)cc(-c3ccc(N4C(=O)C5C6CC(C(Br)C6Br)C5C4=O)cc3)nc12. The molecular formula is C34H24Br3ClN2O5.